The van der Waals surface area contributed by atoms with Gasteiger partial charge in [0.2, 0.25) is 5.91 Å². The van der Waals surface area contributed by atoms with Crippen molar-refractivity contribution in [1.29, 1.82) is 0 Å². The fourth-order valence-electron chi connectivity index (χ4n) is 4.69. The number of rotatable bonds is 2. The van der Waals surface area contributed by atoms with E-state index in [2.05, 4.69) is 24.1 Å². The molecule has 3 rings (SSSR count). The van der Waals surface area contributed by atoms with Crippen molar-refractivity contribution in [1.82, 2.24) is 10.2 Å². The molecule has 2 saturated carbocycles. The first-order chi connectivity index (χ1) is 8.96. The summed E-state index contributed by atoms with van der Waals surface area (Å²) in [5.74, 6) is 1.27. The van der Waals surface area contributed by atoms with Crippen LogP contribution < -0.4 is 5.32 Å². The normalized spacial score (nSPS) is 41.6. The molecule has 0 radical (unpaired) electrons. The van der Waals surface area contributed by atoms with E-state index in [4.69, 9.17) is 0 Å². The van der Waals surface area contributed by atoms with Crippen molar-refractivity contribution in [3.63, 3.8) is 0 Å². The van der Waals surface area contributed by atoms with Gasteiger partial charge >= 0.3 is 0 Å². The molecule has 0 aromatic carbocycles. The highest BCUT2D eigenvalue weighted by Crippen LogP contribution is 2.52. The fraction of sp³-hybridized carbons (Fsp3) is 0.938. The molecule has 1 N–H and O–H groups in total. The Morgan fingerprint density at radius 2 is 1.84 bits per heavy atom. The lowest BCUT2D eigenvalue weighted by atomic mass is 9.83. The van der Waals surface area contributed by atoms with Crippen molar-refractivity contribution < 1.29 is 4.79 Å². The number of hydrogen-bond acceptors (Lipinski definition) is 2. The van der Waals surface area contributed by atoms with Crippen LogP contribution in [0.3, 0.4) is 0 Å². The minimum atomic E-state index is 0.0199. The van der Waals surface area contributed by atoms with Gasteiger partial charge in [-0.15, -0.1) is 0 Å². The van der Waals surface area contributed by atoms with Crippen LogP contribution in [0.25, 0.3) is 0 Å². The van der Waals surface area contributed by atoms with Crippen LogP contribution in [0.2, 0.25) is 0 Å². The Morgan fingerprint density at radius 3 is 2.37 bits per heavy atom. The third-order valence-corrected chi connectivity index (χ3v) is 5.96. The second kappa shape index (κ2) is 4.47. The first-order valence-electron chi connectivity index (χ1n) is 7.95. The summed E-state index contributed by atoms with van der Waals surface area (Å²) in [6.45, 7) is 5.58. The van der Waals surface area contributed by atoms with E-state index in [0.717, 1.165) is 25.3 Å². The molecule has 19 heavy (non-hydrogen) atoms. The van der Waals surface area contributed by atoms with Gasteiger partial charge in [-0.2, -0.15) is 0 Å². The Balaban J connectivity index is 1.86. The molecular formula is C16H28N2O. The summed E-state index contributed by atoms with van der Waals surface area (Å²) in [5, 5.41) is 3.27. The van der Waals surface area contributed by atoms with Gasteiger partial charge in [-0.1, -0.05) is 13.8 Å². The quantitative estimate of drug-likeness (QED) is 0.831. The summed E-state index contributed by atoms with van der Waals surface area (Å²) in [6.07, 6.45) is 8.58. The number of nitrogens with zero attached hydrogens (tertiary/aromatic N) is 1. The Morgan fingerprint density at radius 1 is 1.16 bits per heavy atom. The van der Waals surface area contributed by atoms with Crippen LogP contribution in [0.5, 0.6) is 0 Å². The third-order valence-electron chi connectivity index (χ3n) is 5.96. The summed E-state index contributed by atoms with van der Waals surface area (Å²) in [5.41, 5.74) is 0.503. The molecule has 3 nitrogen and oxygen atoms in total. The van der Waals surface area contributed by atoms with Gasteiger partial charge in [-0.3, -0.25) is 4.79 Å². The van der Waals surface area contributed by atoms with Crippen LogP contribution in [0.15, 0.2) is 0 Å². The van der Waals surface area contributed by atoms with Crippen molar-refractivity contribution in [3.8, 4) is 0 Å². The molecule has 1 amide bonds. The number of amides is 1. The minimum Gasteiger partial charge on any atom is -0.336 e. The Kier molecular flexibility index (Phi) is 3.16. The number of carbonyl (C=O) groups excluding carboxylic acids is 1. The van der Waals surface area contributed by atoms with E-state index in [1.165, 1.54) is 32.1 Å². The fourth-order valence-corrected chi connectivity index (χ4v) is 4.69. The predicted molar refractivity (Wildman–Crippen MR) is 76.9 cm³/mol. The highest BCUT2D eigenvalue weighted by molar-refractivity contribution is 5.83. The minimum absolute atomic E-state index is 0.0199. The third kappa shape index (κ3) is 2.20. The number of carbonyl (C=O) groups is 1. The molecule has 1 atom stereocenters. The average molecular weight is 264 g/mol. The molecule has 108 valence electrons. The van der Waals surface area contributed by atoms with Crippen LogP contribution >= 0.6 is 0 Å². The van der Waals surface area contributed by atoms with E-state index >= 15 is 0 Å². The summed E-state index contributed by atoms with van der Waals surface area (Å²) < 4.78 is 0. The second-order valence-corrected chi connectivity index (χ2v) is 7.82. The topological polar surface area (TPSA) is 32.3 Å². The zero-order valence-corrected chi connectivity index (χ0v) is 12.7. The molecule has 3 aliphatic rings. The van der Waals surface area contributed by atoms with Gasteiger partial charge in [-0.25, -0.2) is 0 Å². The van der Waals surface area contributed by atoms with Crippen molar-refractivity contribution in [2.75, 3.05) is 13.6 Å². The van der Waals surface area contributed by atoms with Crippen LogP contribution in [-0.4, -0.2) is 36.0 Å². The standard InChI is InChI=1S/C16H28N2O/c1-15(2)8-9-18(14(19)13(11-15)17-3)16-6-4-12(10-16)5-7-16/h12-13,17H,4-11H2,1-3H3. The Hall–Kier alpha value is -0.570. The SMILES string of the molecule is CNC1CC(C)(C)CCN(C23CCC(CC2)C3)C1=O. The average Bonchev–Trinajstić information content (AvgIpc) is 2.93. The lowest BCUT2D eigenvalue weighted by Crippen LogP contribution is -2.54. The maximum absolute atomic E-state index is 12.9. The summed E-state index contributed by atoms with van der Waals surface area (Å²) in [6, 6.07) is 0.0199. The van der Waals surface area contributed by atoms with Gasteiger partial charge in [0.25, 0.3) is 0 Å². The van der Waals surface area contributed by atoms with Crippen LogP contribution in [0.1, 0.15) is 58.8 Å². The number of fused-ring (bicyclic) bond motifs is 2. The number of hydrogen-bond donors (Lipinski definition) is 1. The molecule has 1 saturated heterocycles. The van der Waals surface area contributed by atoms with E-state index in [-0.39, 0.29) is 17.0 Å². The Bertz CT molecular complexity index is 369. The van der Waals surface area contributed by atoms with Gasteiger partial charge in [-0.05, 0) is 63.3 Å². The summed E-state index contributed by atoms with van der Waals surface area (Å²) >= 11 is 0. The molecule has 3 fully saturated rings. The highest BCUT2D eigenvalue weighted by Gasteiger charge is 2.52. The first kappa shape index (κ1) is 13.4. The van der Waals surface area contributed by atoms with E-state index in [9.17, 15) is 4.79 Å². The Labute approximate surface area is 117 Å². The molecule has 1 aliphatic heterocycles. The highest BCUT2D eigenvalue weighted by atomic mass is 16.2. The largest absolute Gasteiger partial charge is 0.336 e. The summed E-state index contributed by atoms with van der Waals surface area (Å²) in [7, 11) is 1.94. The molecule has 3 heteroatoms. The number of likely N-dealkylation sites (N-methyl/N-ethyl adjacent to an activating group) is 1. The number of nitrogens with one attached hydrogen (secondary N) is 1. The van der Waals surface area contributed by atoms with Gasteiger partial charge in [0.15, 0.2) is 0 Å². The molecule has 0 spiro atoms. The smallest absolute Gasteiger partial charge is 0.240 e. The van der Waals surface area contributed by atoms with Crippen molar-refractivity contribution in [3.05, 3.63) is 0 Å². The summed E-state index contributed by atoms with van der Waals surface area (Å²) in [4.78, 5) is 15.2. The van der Waals surface area contributed by atoms with E-state index in [1.807, 2.05) is 7.05 Å². The maximum Gasteiger partial charge on any atom is 0.240 e. The van der Waals surface area contributed by atoms with Crippen LogP contribution in [0, 0.1) is 11.3 Å². The van der Waals surface area contributed by atoms with E-state index in [1.54, 1.807) is 0 Å². The van der Waals surface area contributed by atoms with E-state index in [0.29, 0.717) is 5.91 Å². The van der Waals surface area contributed by atoms with Crippen LogP contribution in [-0.2, 0) is 4.79 Å². The van der Waals surface area contributed by atoms with Gasteiger partial charge in [0.1, 0.15) is 0 Å². The molecular weight excluding hydrogens is 236 g/mol. The molecule has 1 unspecified atom stereocenters. The maximum atomic E-state index is 12.9. The zero-order chi connectivity index (χ0) is 13.7. The molecule has 0 aromatic rings. The van der Waals surface area contributed by atoms with Crippen molar-refractivity contribution >= 4 is 5.91 Å². The first-order valence-corrected chi connectivity index (χ1v) is 7.95. The van der Waals surface area contributed by atoms with Crippen LogP contribution in [0.4, 0.5) is 0 Å². The van der Waals surface area contributed by atoms with Crippen molar-refractivity contribution in [2.45, 2.75) is 70.4 Å². The van der Waals surface area contributed by atoms with E-state index < -0.39 is 0 Å². The molecule has 1 heterocycles. The lowest BCUT2D eigenvalue weighted by molar-refractivity contribution is -0.139. The number of likely N-dealkylation sites (tertiary alicyclic amines) is 1. The van der Waals surface area contributed by atoms with Gasteiger partial charge < -0.3 is 10.2 Å². The lowest BCUT2D eigenvalue weighted by Gasteiger charge is -2.41. The molecule has 0 aromatic heterocycles. The van der Waals surface area contributed by atoms with Gasteiger partial charge in [0.05, 0.1) is 6.04 Å². The predicted octanol–water partition coefficient (Wildman–Crippen LogP) is 2.56. The monoisotopic (exact) mass is 264 g/mol. The van der Waals surface area contributed by atoms with Crippen molar-refractivity contribution in [2.24, 2.45) is 11.3 Å². The molecule has 2 bridgehead atoms. The van der Waals surface area contributed by atoms with Gasteiger partial charge in [0, 0.05) is 12.1 Å². The second-order valence-electron chi connectivity index (χ2n) is 7.82. The zero-order valence-electron chi connectivity index (χ0n) is 12.7. The molecule has 2 aliphatic carbocycles.